The maximum absolute atomic E-state index is 6.75. The van der Waals surface area contributed by atoms with Crippen molar-refractivity contribution < 1.29 is 4.48 Å². The van der Waals surface area contributed by atoms with Gasteiger partial charge in [-0.15, -0.1) is 0 Å². The molecule has 0 aliphatic rings. The Morgan fingerprint density at radius 1 is 0.655 bits per heavy atom. The van der Waals surface area contributed by atoms with E-state index in [4.69, 9.17) is 11.6 Å². The first-order valence-corrected chi connectivity index (χ1v) is 13.0. The quantitative estimate of drug-likeness (QED) is 0.0901. The topological polar surface area (TPSA) is 0 Å². The Bertz CT molecular complexity index is 471. The summed E-state index contributed by atoms with van der Waals surface area (Å²) >= 11 is 6.75. The highest BCUT2D eigenvalue weighted by Gasteiger charge is 2.25. The molecule has 0 aliphatic carbocycles. The molecule has 0 spiro atoms. The normalized spacial score (nSPS) is 13.0. The fourth-order valence-corrected chi connectivity index (χ4v) is 4.41. The van der Waals surface area contributed by atoms with Crippen LogP contribution in [0.5, 0.6) is 0 Å². The van der Waals surface area contributed by atoms with Crippen LogP contribution in [0.25, 0.3) is 0 Å². The highest BCUT2D eigenvalue weighted by atomic mass is 35.5. The predicted octanol–water partition coefficient (Wildman–Crippen LogP) is 9.09. The summed E-state index contributed by atoms with van der Waals surface area (Å²) in [6.45, 7) is 3.30. The van der Waals surface area contributed by atoms with E-state index in [0.717, 1.165) is 17.4 Å². The smallest absolute Gasteiger partial charge is 0.164 e. The number of hydrogen-bond acceptors (Lipinski definition) is 0. The SMILES string of the molecule is CCCCCCCCCCCCCCCCCC(Cl)[N+](C)(C)Cc1ccccc1. The minimum atomic E-state index is 0.206. The van der Waals surface area contributed by atoms with Gasteiger partial charge in [-0.1, -0.05) is 139 Å². The maximum Gasteiger partial charge on any atom is 0.164 e. The van der Waals surface area contributed by atoms with Gasteiger partial charge in [-0.25, -0.2) is 0 Å². The highest BCUT2D eigenvalue weighted by Crippen LogP contribution is 2.22. The Balaban J connectivity index is 1.91. The van der Waals surface area contributed by atoms with E-state index in [9.17, 15) is 0 Å². The molecule has 1 nitrogen and oxygen atoms in total. The van der Waals surface area contributed by atoms with Gasteiger partial charge in [0.2, 0.25) is 0 Å². The van der Waals surface area contributed by atoms with E-state index in [-0.39, 0.29) is 5.50 Å². The summed E-state index contributed by atoms with van der Waals surface area (Å²) in [5.74, 6) is 0. The third-order valence-electron chi connectivity index (χ3n) is 6.24. The average Bonchev–Trinajstić information content (AvgIpc) is 2.71. The van der Waals surface area contributed by atoms with Crippen LogP contribution in [0, 0.1) is 0 Å². The van der Waals surface area contributed by atoms with E-state index in [1.54, 1.807) is 0 Å². The number of quaternary nitrogens is 1. The van der Waals surface area contributed by atoms with Crippen molar-refractivity contribution in [2.45, 2.75) is 122 Å². The van der Waals surface area contributed by atoms with Crippen molar-refractivity contribution in [1.29, 1.82) is 0 Å². The third kappa shape index (κ3) is 14.2. The minimum absolute atomic E-state index is 0.206. The molecule has 0 bridgehead atoms. The van der Waals surface area contributed by atoms with Gasteiger partial charge in [-0.3, -0.25) is 0 Å². The van der Waals surface area contributed by atoms with E-state index >= 15 is 0 Å². The van der Waals surface area contributed by atoms with E-state index in [0.29, 0.717) is 0 Å². The molecule has 0 amide bonds. The van der Waals surface area contributed by atoms with Crippen molar-refractivity contribution >= 4 is 11.6 Å². The van der Waals surface area contributed by atoms with E-state index in [1.807, 2.05) is 0 Å². The Morgan fingerprint density at radius 2 is 1.07 bits per heavy atom. The molecule has 0 radical (unpaired) electrons. The molecule has 1 atom stereocenters. The predicted molar refractivity (Wildman–Crippen MR) is 131 cm³/mol. The molecule has 1 unspecified atom stereocenters. The second-order valence-electron chi connectivity index (χ2n) is 9.60. The van der Waals surface area contributed by atoms with Crippen LogP contribution in [-0.2, 0) is 6.54 Å². The monoisotopic (exact) mass is 422 g/mol. The molecule has 2 heteroatoms. The first kappa shape index (κ1) is 26.5. The molecule has 0 heterocycles. The lowest BCUT2D eigenvalue weighted by atomic mass is 10.0. The molecule has 0 aliphatic heterocycles. The molecule has 1 aromatic carbocycles. The summed E-state index contributed by atoms with van der Waals surface area (Å²) in [6, 6.07) is 10.7. The van der Waals surface area contributed by atoms with Crippen molar-refractivity contribution in [3.05, 3.63) is 35.9 Å². The number of alkyl halides is 1. The molecule has 0 N–H and O–H groups in total. The van der Waals surface area contributed by atoms with Crippen molar-refractivity contribution in [2.24, 2.45) is 0 Å². The van der Waals surface area contributed by atoms with Crippen LogP contribution in [0.15, 0.2) is 30.3 Å². The summed E-state index contributed by atoms with van der Waals surface area (Å²) in [5.41, 5.74) is 1.58. The maximum atomic E-state index is 6.75. The first-order valence-electron chi connectivity index (χ1n) is 12.6. The van der Waals surface area contributed by atoms with E-state index < -0.39 is 0 Å². The molecule has 168 valence electrons. The van der Waals surface area contributed by atoms with Crippen molar-refractivity contribution in [3.8, 4) is 0 Å². The standard InChI is InChI=1S/C27H49ClN/c1-4-5-6-7-8-9-10-11-12-13-14-15-16-17-21-24-27(28)29(2,3)25-26-22-19-18-20-23-26/h18-20,22-23,27H,4-17,21,24-25H2,1-3H3/q+1. The van der Waals surface area contributed by atoms with Gasteiger partial charge >= 0.3 is 0 Å². The molecular weight excluding hydrogens is 374 g/mol. The van der Waals surface area contributed by atoms with Gasteiger partial charge in [0, 0.05) is 12.0 Å². The van der Waals surface area contributed by atoms with Crippen LogP contribution in [0.3, 0.4) is 0 Å². The molecule has 0 aromatic heterocycles. The number of nitrogens with zero attached hydrogens (tertiary/aromatic N) is 1. The Morgan fingerprint density at radius 3 is 1.52 bits per heavy atom. The minimum Gasteiger partial charge on any atom is -0.310 e. The summed E-state index contributed by atoms with van der Waals surface area (Å²) in [5, 5.41) is 0. The zero-order chi connectivity index (χ0) is 21.2. The van der Waals surface area contributed by atoms with Gasteiger partial charge in [0.1, 0.15) is 6.54 Å². The highest BCUT2D eigenvalue weighted by molar-refractivity contribution is 6.19. The van der Waals surface area contributed by atoms with Crippen LogP contribution in [-0.4, -0.2) is 24.1 Å². The van der Waals surface area contributed by atoms with Gasteiger partial charge in [0.15, 0.2) is 5.50 Å². The molecular formula is C27H49ClN+. The summed E-state index contributed by atoms with van der Waals surface area (Å²) in [6.07, 6.45) is 22.4. The zero-order valence-electron chi connectivity index (χ0n) is 19.8. The summed E-state index contributed by atoms with van der Waals surface area (Å²) in [4.78, 5) is 0. The molecule has 0 saturated carbocycles. The van der Waals surface area contributed by atoms with Crippen LogP contribution >= 0.6 is 11.6 Å². The molecule has 0 saturated heterocycles. The zero-order valence-corrected chi connectivity index (χ0v) is 20.6. The Labute approximate surface area is 187 Å². The van der Waals surface area contributed by atoms with Gasteiger partial charge in [-0.2, -0.15) is 0 Å². The van der Waals surface area contributed by atoms with E-state index in [1.165, 1.54) is 102 Å². The lowest BCUT2D eigenvalue weighted by Gasteiger charge is -2.34. The largest absolute Gasteiger partial charge is 0.310 e. The Kier molecular flexibility index (Phi) is 15.7. The lowest BCUT2D eigenvalue weighted by molar-refractivity contribution is -0.915. The van der Waals surface area contributed by atoms with Crippen molar-refractivity contribution in [1.82, 2.24) is 0 Å². The summed E-state index contributed by atoms with van der Waals surface area (Å²) in [7, 11) is 4.52. The Hall–Kier alpha value is -0.530. The third-order valence-corrected chi connectivity index (χ3v) is 6.98. The number of hydrogen-bond donors (Lipinski definition) is 0. The van der Waals surface area contributed by atoms with Gasteiger partial charge in [0.25, 0.3) is 0 Å². The number of halogens is 1. The summed E-state index contributed by atoms with van der Waals surface area (Å²) < 4.78 is 0.865. The van der Waals surface area contributed by atoms with Crippen LogP contribution in [0.2, 0.25) is 0 Å². The lowest BCUT2D eigenvalue weighted by Crippen LogP contribution is -2.45. The first-order chi connectivity index (χ1) is 14.1. The number of unbranched alkanes of at least 4 members (excludes halogenated alkanes) is 14. The second kappa shape index (κ2) is 17.2. The molecule has 1 rings (SSSR count). The van der Waals surface area contributed by atoms with Crippen LogP contribution in [0.4, 0.5) is 0 Å². The van der Waals surface area contributed by atoms with Crippen LogP contribution in [0.1, 0.15) is 115 Å². The van der Waals surface area contributed by atoms with Crippen LogP contribution < -0.4 is 0 Å². The van der Waals surface area contributed by atoms with E-state index in [2.05, 4.69) is 51.4 Å². The average molecular weight is 423 g/mol. The van der Waals surface area contributed by atoms with Crippen molar-refractivity contribution in [3.63, 3.8) is 0 Å². The fourth-order valence-electron chi connectivity index (χ4n) is 4.19. The molecule has 0 fully saturated rings. The fraction of sp³-hybridized carbons (Fsp3) is 0.778. The number of rotatable bonds is 19. The van der Waals surface area contributed by atoms with Gasteiger partial charge < -0.3 is 4.48 Å². The van der Waals surface area contributed by atoms with Gasteiger partial charge in [-0.05, 0) is 6.42 Å². The van der Waals surface area contributed by atoms with Crippen molar-refractivity contribution in [2.75, 3.05) is 14.1 Å². The molecule has 29 heavy (non-hydrogen) atoms. The molecule has 1 aromatic rings. The second-order valence-corrected chi connectivity index (χ2v) is 10.1. The van der Waals surface area contributed by atoms with Gasteiger partial charge in [0.05, 0.1) is 14.1 Å². The number of benzene rings is 1.